The Kier molecular flexibility index (Phi) is 8.54. The van der Waals surface area contributed by atoms with E-state index in [9.17, 15) is 4.79 Å². The van der Waals surface area contributed by atoms with Gasteiger partial charge in [0.1, 0.15) is 6.29 Å². The van der Waals surface area contributed by atoms with Crippen molar-refractivity contribution in [3.8, 4) is 0 Å². The van der Waals surface area contributed by atoms with Crippen LogP contribution in [0.4, 0.5) is 0 Å². The van der Waals surface area contributed by atoms with Crippen LogP contribution in [0.25, 0.3) is 0 Å². The summed E-state index contributed by atoms with van der Waals surface area (Å²) in [7, 11) is 0. The van der Waals surface area contributed by atoms with Gasteiger partial charge in [0.05, 0.1) is 19.3 Å². The summed E-state index contributed by atoms with van der Waals surface area (Å²) in [5.41, 5.74) is 0.0236. The van der Waals surface area contributed by atoms with Crippen LogP contribution in [0.3, 0.4) is 0 Å². The fourth-order valence-corrected chi connectivity index (χ4v) is 5.43. The number of carbonyl (C=O) groups is 1. The molecule has 5 nitrogen and oxygen atoms in total. The van der Waals surface area contributed by atoms with Crippen LogP contribution in [0.5, 0.6) is 0 Å². The highest BCUT2D eigenvalue weighted by Gasteiger charge is 2.54. The zero-order valence-electron chi connectivity index (χ0n) is 19.4. The molecule has 5 atom stereocenters. The quantitative estimate of drug-likeness (QED) is 0.354. The number of ether oxygens (including phenoxy) is 4. The fraction of sp³-hybridized carbons (Fsp3) is 0.880. The lowest BCUT2D eigenvalue weighted by molar-refractivity contribution is -0.198. The molecule has 0 bridgehead atoms. The van der Waals surface area contributed by atoms with Crippen LogP contribution >= 0.6 is 0 Å². The first-order chi connectivity index (χ1) is 14.4. The predicted molar refractivity (Wildman–Crippen MR) is 117 cm³/mol. The minimum atomic E-state index is -0.587. The normalized spacial score (nSPS) is 31.4. The molecule has 2 aliphatic heterocycles. The van der Waals surface area contributed by atoms with Crippen LogP contribution in [-0.2, 0) is 23.7 Å². The van der Waals surface area contributed by atoms with Gasteiger partial charge in [0.25, 0.3) is 0 Å². The van der Waals surface area contributed by atoms with Crippen LogP contribution in [0, 0.1) is 23.2 Å². The van der Waals surface area contributed by atoms with Crippen LogP contribution in [0.15, 0.2) is 12.2 Å². The van der Waals surface area contributed by atoms with Crippen molar-refractivity contribution in [1.82, 2.24) is 0 Å². The number of carbonyl (C=O) groups excluding carboxylic acids is 1. The second kappa shape index (κ2) is 10.7. The molecule has 1 spiro atoms. The second-order valence-electron chi connectivity index (χ2n) is 10.1. The van der Waals surface area contributed by atoms with Gasteiger partial charge in [-0.25, -0.2) is 0 Å². The molecular weight excluding hydrogens is 380 g/mol. The van der Waals surface area contributed by atoms with Gasteiger partial charge in [0.2, 0.25) is 0 Å². The van der Waals surface area contributed by atoms with E-state index in [-0.39, 0.29) is 35.6 Å². The van der Waals surface area contributed by atoms with E-state index >= 15 is 0 Å². The number of unbranched alkanes of at least 4 members (excludes halogenated alkanes) is 1. The monoisotopic (exact) mass is 422 g/mol. The summed E-state index contributed by atoms with van der Waals surface area (Å²) in [6.45, 7) is 10.8. The maximum atomic E-state index is 11.7. The van der Waals surface area contributed by atoms with E-state index in [1.54, 1.807) is 0 Å². The Balaban J connectivity index is 1.76. The van der Waals surface area contributed by atoms with E-state index in [0.717, 1.165) is 51.4 Å². The molecular formula is C25H42O5. The molecule has 172 valence electrons. The third-order valence-electron chi connectivity index (χ3n) is 7.27. The van der Waals surface area contributed by atoms with Gasteiger partial charge in [-0.2, -0.15) is 0 Å². The Labute approximate surface area is 182 Å². The minimum absolute atomic E-state index is 0.0127. The third kappa shape index (κ3) is 5.53. The topological polar surface area (TPSA) is 54.0 Å². The molecule has 2 saturated heterocycles. The van der Waals surface area contributed by atoms with Crippen LogP contribution in [0.2, 0.25) is 0 Å². The summed E-state index contributed by atoms with van der Waals surface area (Å²) in [5.74, 6) is -0.382. The summed E-state index contributed by atoms with van der Waals surface area (Å²) in [5, 5.41) is 0. The largest absolute Gasteiger partial charge is 0.353 e. The molecule has 0 N–H and O–H groups in total. The van der Waals surface area contributed by atoms with E-state index in [0.29, 0.717) is 13.2 Å². The van der Waals surface area contributed by atoms with Crippen molar-refractivity contribution in [3.63, 3.8) is 0 Å². The Hall–Kier alpha value is -0.750. The maximum absolute atomic E-state index is 11.7. The molecule has 2 heterocycles. The zero-order valence-corrected chi connectivity index (χ0v) is 19.4. The van der Waals surface area contributed by atoms with E-state index in [1.807, 2.05) is 6.92 Å². The van der Waals surface area contributed by atoms with Crippen LogP contribution in [-0.4, -0.2) is 44.3 Å². The molecule has 0 aromatic heterocycles. The third-order valence-corrected chi connectivity index (χ3v) is 7.27. The maximum Gasteiger partial charge on any atom is 0.172 e. The van der Waals surface area contributed by atoms with Crippen molar-refractivity contribution in [2.75, 3.05) is 19.8 Å². The SMILES string of the molecule is CCCCC(C)(C)C(/C=C/C1CCC2(OCCO2)C1C(C)C=O)OC1CCCCO1. The van der Waals surface area contributed by atoms with Crippen molar-refractivity contribution in [2.24, 2.45) is 23.2 Å². The highest BCUT2D eigenvalue weighted by atomic mass is 16.7. The average molecular weight is 423 g/mol. The molecule has 5 heteroatoms. The van der Waals surface area contributed by atoms with Crippen molar-refractivity contribution in [2.45, 2.75) is 97.2 Å². The number of hydrogen-bond acceptors (Lipinski definition) is 5. The van der Waals surface area contributed by atoms with Gasteiger partial charge < -0.3 is 23.7 Å². The molecule has 0 aromatic carbocycles. The second-order valence-corrected chi connectivity index (χ2v) is 10.1. The molecule has 3 aliphatic rings. The number of allylic oxidation sites excluding steroid dienone is 1. The summed E-state index contributed by atoms with van der Waals surface area (Å²) in [6, 6.07) is 0. The summed E-state index contributed by atoms with van der Waals surface area (Å²) >= 11 is 0. The molecule has 5 unspecified atom stereocenters. The zero-order chi connectivity index (χ0) is 21.6. The Morgan fingerprint density at radius 3 is 2.57 bits per heavy atom. The summed E-state index contributed by atoms with van der Waals surface area (Å²) in [6.07, 6.45) is 14.0. The molecule has 3 rings (SSSR count). The lowest BCUT2D eigenvalue weighted by Crippen LogP contribution is -2.41. The number of rotatable bonds is 10. The highest BCUT2D eigenvalue weighted by Crippen LogP contribution is 2.49. The van der Waals surface area contributed by atoms with Gasteiger partial charge in [-0.1, -0.05) is 52.7 Å². The first kappa shape index (κ1) is 23.9. The fourth-order valence-electron chi connectivity index (χ4n) is 5.43. The first-order valence-electron chi connectivity index (χ1n) is 12.1. The van der Waals surface area contributed by atoms with E-state index in [1.165, 1.54) is 12.8 Å². The van der Waals surface area contributed by atoms with Gasteiger partial charge in [-0.15, -0.1) is 0 Å². The van der Waals surface area contributed by atoms with Crippen molar-refractivity contribution in [1.29, 1.82) is 0 Å². The Morgan fingerprint density at radius 1 is 1.17 bits per heavy atom. The van der Waals surface area contributed by atoms with Gasteiger partial charge >= 0.3 is 0 Å². The first-order valence-corrected chi connectivity index (χ1v) is 12.1. The predicted octanol–water partition coefficient (Wildman–Crippen LogP) is 5.28. The van der Waals surface area contributed by atoms with Crippen LogP contribution < -0.4 is 0 Å². The Morgan fingerprint density at radius 2 is 1.93 bits per heavy atom. The molecule has 1 saturated carbocycles. The Bertz CT molecular complexity index is 560. The van der Waals surface area contributed by atoms with E-state index in [4.69, 9.17) is 18.9 Å². The summed E-state index contributed by atoms with van der Waals surface area (Å²) in [4.78, 5) is 11.7. The van der Waals surface area contributed by atoms with Gasteiger partial charge in [-0.05, 0) is 43.4 Å². The average Bonchev–Trinajstić information content (AvgIpc) is 3.37. The molecule has 30 heavy (non-hydrogen) atoms. The van der Waals surface area contributed by atoms with Crippen molar-refractivity contribution >= 4 is 6.29 Å². The van der Waals surface area contributed by atoms with Gasteiger partial charge in [-0.3, -0.25) is 0 Å². The number of hydrogen-bond donors (Lipinski definition) is 0. The molecule has 0 aromatic rings. The van der Waals surface area contributed by atoms with E-state index in [2.05, 4.69) is 32.9 Å². The highest BCUT2D eigenvalue weighted by molar-refractivity contribution is 5.54. The standard InChI is InChI=1S/C25H42O5/c1-5-6-13-24(3,4)21(30-22-9-7-8-15-27-22)11-10-20-12-14-25(28-16-17-29-25)23(20)19(2)18-26/h10-11,18-23H,5-9,12-17H2,1-4H3/b11-10+. The molecule has 3 fully saturated rings. The smallest absolute Gasteiger partial charge is 0.172 e. The molecule has 0 amide bonds. The lowest BCUT2D eigenvalue weighted by atomic mass is 9.79. The molecule has 0 radical (unpaired) electrons. The lowest BCUT2D eigenvalue weighted by Gasteiger charge is -2.37. The number of aldehydes is 1. The molecule has 1 aliphatic carbocycles. The summed E-state index contributed by atoms with van der Waals surface area (Å²) < 4.78 is 24.5. The van der Waals surface area contributed by atoms with Crippen LogP contribution in [0.1, 0.15) is 79.1 Å². The van der Waals surface area contributed by atoms with Gasteiger partial charge in [0.15, 0.2) is 12.1 Å². The minimum Gasteiger partial charge on any atom is -0.353 e. The van der Waals surface area contributed by atoms with E-state index < -0.39 is 5.79 Å². The van der Waals surface area contributed by atoms with Crippen molar-refractivity contribution in [3.05, 3.63) is 12.2 Å². The van der Waals surface area contributed by atoms with Crippen molar-refractivity contribution < 1.29 is 23.7 Å². The van der Waals surface area contributed by atoms with Gasteiger partial charge in [0, 0.05) is 24.9 Å².